The van der Waals surface area contributed by atoms with E-state index in [0.717, 1.165) is 22.0 Å². The van der Waals surface area contributed by atoms with E-state index in [1.165, 1.54) is 30.0 Å². The highest BCUT2D eigenvalue weighted by Gasteiger charge is 2.18. The van der Waals surface area contributed by atoms with Gasteiger partial charge >= 0.3 is 0 Å². The van der Waals surface area contributed by atoms with Crippen LogP contribution >= 0.6 is 11.8 Å². The fraction of sp³-hybridized carbons (Fsp3) is 0.111. The number of aromatic nitrogens is 1. The zero-order valence-corrected chi connectivity index (χ0v) is 14.5. The quantitative estimate of drug-likeness (QED) is 0.564. The van der Waals surface area contributed by atoms with Gasteiger partial charge in [0.2, 0.25) is 5.91 Å². The van der Waals surface area contributed by atoms with Gasteiger partial charge in [-0.2, -0.15) is 0 Å². The van der Waals surface area contributed by atoms with Gasteiger partial charge in [0.05, 0.1) is 15.3 Å². The van der Waals surface area contributed by atoms with E-state index in [-0.39, 0.29) is 11.3 Å². The Morgan fingerprint density at radius 3 is 2.60 bits per heavy atom. The van der Waals surface area contributed by atoms with E-state index in [2.05, 4.69) is 4.98 Å². The molecule has 0 spiro atoms. The smallest absolute Gasteiger partial charge is 0.284 e. The van der Waals surface area contributed by atoms with Gasteiger partial charge in [-0.05, 0) is 43.2 Å². The highest BCUT2D eigenvalue weighted by molar-refractivity contribution is 7.99. The minimum atomic E-state index is -0.699. The van der Waals surface area contributed by atoms with Gasteiger partial charge in [0, 0.05) is 17.0 Å². The fourth-order valence-corrected chi connectivity index (χ4v) is 3.57. The predicted octanol–water partition coefficient (Wildman–Crippen LogP) is 4.01. The summed E-state index contributed by atoms with van der Waals surface area (Å²) < 4.78 is 0. The third-order valence-corrected chi connectivity index (χ3v) is 4.86. The summed E-state index contributed by atoms with van der Waals surface area (Å²) in [5.74, 6) is -0.699. The summed E-state index contributed by atoms with van der Waals surface area (Å²) in [6.45, 7) is 3.96. The van der Waals surface area contributed by atoms with E-state index in [9.17, 15) is 14.9 Å². The second-order valence-corrected chi connectivity index (χ2v) is 6.72. The number of nitro benzene ring substituents is 1. The molecule has 0 aliphatic rings. The first kappa shape index (κ1) is 16.9. The molecule has 0 saturated carbocycles. The number of hydrogen-bond acceptors (Lipinski definition) is 5. The summed E-state index contributed by atoms with van der Waals surface area (Å²) in [6.07, 6.45) is 0. The van der Waals surface area contributed by atoms with Crippen LogP contribution in [0.4, 0.5) is 5.69 Å². The third kappa shape index (κ3) is 3.32. The molecule has 1 heterocycles. The van der Waals surface area contributed by atoms with Crippen molar-refractivity contribution in [3.05, 3.63) is 69.3 Å². The van der Waals surface area contributed by atoms with Crippen molar-refractivity contribution in [1.82, 2.24) is 4.98 Å². The average molecular weight is 353 g/mol. The van der Waals surface area contributed by atoms with Gasteiger partial charge in [-0.25, -0.2) is 4.98 Å². The van der Waals surface area contributed by atoms with Crippen LogP contribution in [0, 0.1) is 24.0 Å². The zero-order chi connectivity index (χ0) is 18.1. The lowest BCUT2D eigenvalue weighted by Gasteiger charge is -2.09. The molecule has 126 valence electrons. The largest absolute Gasteiger partial charge is 0.366 e. The summed E-state index contributed by atoms with van der Waals surface area (Å²) >= 11 is 1.20. The number of nitro groups is 1. The number of pyridine rings is 1. The molecule has 1 amide bonds. The van der Waals surface area contributed by atoms with Crippen molar-refractivity contribution in [2.24, 2.45) is 5.73 Å². The number of hydrogen-bond donors (Lipinski definition) is 1. The molecule has 6 nitrogen and oxygen atoms in total. The minimum absolute atomic E-state index is 0.106. The number of amides is 1. The number of primary amides is 1. The van der Waals surface area contributed by atoms with Crippen LogP contribution in [-0.4, -0.2) is 15.8 Å². The van der Waals surface area contributed by atoms with Crippen molar-refractivity contribution in [2.45, 2.75) is 23.8 Å². The number of carbonyl (C=O) groups is 1. The van der Waals surface area contributed by atoms with Gasteiger partial charge < -0.3 is 5.73 Å². The summed E-state index contributed by atoms with van der Waals surface area (Å²) in [4.78, 5) is 27.1. The Hall–Kier alpha value is -2.93. The number of nitrogens with two attached hydrogens (primary N) is 1. The van der Waals surface area contributed by atoms with E-state index in [1.807, 2.05) is 38.1 Å². The van der Waals surface area contributed by atoms with Crippen LogP contribution in [0.15, 0.2) is 52.4 Å². The van der Waals surface area contributed by atoms with E-state index >= 15 is 0 Å². The van der Waals surface area contributed by atoms with Crippen molar-refractivity contribution in [2.75, 3.05) is 0 Å². The Labute approximate surface area is 148 Å². The molecule has 2 N–H and O–H groups in total. The summed E-state index contributed by atoms with van der Waals surface area (Å²) in [5.41, 5.74) is 8.12. The number of benzene rings is 2. The molecule has 0 bridgehead atoms. The van der Waals surface area contributed by atoms with E-state index in [1.54, 1.807) is 0 Å². The Bertz CT molecular complexity index is 1020. The molecule has 0 aliphatic heterocycles. The standard InChI is InChI=1S/C18H15N3O3S/c1-10-4-3-5-13-11(2)8-16(20-17(10)13)25-15-7-6-12(18(19)22)9-14(15)21(23)24/h3-9H,1-2H3,(H2,19,22). The number of fused-ring (bicyclic) bond motifs is 1. The van der Waals surface area contributed by atoms with Gasteiger partial charge in [-0.1, -0.05) is 30.0 Å². The summed E-state index contributed by atoms with van der Waals surface area (Å²) in [6, 6.07) is 12.1. The zero-order valence-electron chi connectivity index (χ0n) is 13.6. The lowest BCUT2D eigenvalue weighted by atomic mass is 10.1. The molecular formula is C18H15N3O3S. The van der Waals surface area contributed by atoms with Crippen LogP contribution in [-0.2, 0) is 0 Å². The first-order valence-electron chi connectivity index (χ1n) is 7.50. The van der Waals surface area contributed by atoms with Gasteiger partial charge in [0.25, 0.3) is 5.69 Å². The highest BCUT2D eigenvalue weighted by atomic mass is 32.2. The number of carbonyl (C=O) groups excluding carboxylic acids is 1. The molecule has 0 aliphatic carbocycles. The SMILES string of the molecule is Cc1cc(Sc2ccc(C(N)=O)cc2[N+](=O)[O-])nc2c(C)cccc12. The maximum atomic E-state index is 11.3. The first-order valence-corrected chi connectivity index (χ1v) is 8.31. The van der Waals surface area contributed by atoms with Crippen molar-refractivity contribution in [1.29, 1.82) is 0 Å². The van der Waals surface area contributed by atoms with Crippen molar-refractivity contribution in [3.63, 3.8) is 0 Å². The highest BCUT2D eigenvalue weighted by Crippen LogP contribution is 2.36. The number of rotatable bonds is 4. The average Bonchev–Trinajstić information content (AvgIpc) is 2.56. The molecule has 7 heteroatoms. The molecule has 0 atom stereocenters. The van der Waals surface area contributed by atoms with Crippen molar-refractivity contribution >= 4 is 34.3 Å². The van der Waals surface area contributed by atoms with Crippen molar-refractivity contribution in [3.8, 4) is 0 Å². The molecule has 1 aromatic heterocycles. The monoisotopic (exact) mass is 353 g/mol. The van der Waals surface area contributed by atoms with Gasteiger partial charge in [0.1, 0.15) is 5.03 Å². The molecule has 2 aromatic carbocycles. The van der Waals surface area contributed by atoms with Crippen LogP contribution in [0.3, 0.4) is 0 Å². The summed E-state index contributed by atoms with van der Waals surface area (Å²) in [5, 5.41) is 13.1. The molecular weight excluding hydrogens is 338 g/mol. The topological polar surface area (TPSA) is 99.1 Å². The maximum absolute atomic E-state index is 11.3. The maximum Gasteiger partial charge on any atom is 0.284 e. The van der Waals surface area contributed by atoms with Gasteiger partial charge in [-0.3, -0.25) is 14.9 Å². The molecule has 3 aromatic rings. The van der Waals surface area contributed by atoms with Crippen LogP contribution in [0.1, 0.15) is 21.5 Å². The lowest BCUT2D eigenvalue weighted by molar-refractivity contribution is -0.387. The van der Waals surface area contributed by atoms with Crippen LogP contribution < -0.4 is 5.73 Å². The molecule has 0 saturated heterocycles. The van der Waals surface area contributed by atoms with Gasteiger partial charge in [0.15, 0.2) is 0 Å². The van der Waals surface area contributed by atoms with Crippen molar-refractivity contribution < 1.29 is 9.72 Å². The predicted molar refractivity (Wildman–Crippen MR) is 97.0 cm³/mol. The lowest BCUT2D eigenvalue weighted by Crippen LogP contribution is -2.11. The Balaban J connectivity index is 2.08. The molecule has 0 fully saturated rings. The second-order valence-electron chi connectivity index (χ2n) is 5.65. The summed E-state index contributed by atoms with van der Waals surface area (Å²) in [7, 11) is 0. The normalized spacial score (nSPS) is 10.8. The van der Waals surface area contributed by atoms with Crippen LogP contribution in [0.5, 0.6) is 0 Å². The Morgan fingerprint density at radius 1 is 1.16 bits per heavy atom. The molecule has 3 rings (SSSR count). The van der Waals surface area contributed by atoms with Crippen LogP contribution in [0.2, 0.25) is 0 Å². The fourth-order valence-electron chi connectivity index (χ4n) is 2.60. The molecule has 0 radical (unpaired) electrons. The third-order valence-electron chi connectivity index (χ3n) is 3.88. The Kier molecular flexibility index (Phi) is 4.41. The molecule has 0 unspecified atom stereocenters. The first-order chi connectivity index (χ1) is 11.9. The molecule has 25 heavy (non-hydrogen) atoms. The van der Waals surface area contributed by atoms with E-state index in [4.69, 9.17) is 5.73 Å². The number of aryl methyl sites for hydroxylation is 2. The minimum Gasteiger partial charge on any atom is -0.366 e. The van der Waals surface area contributed by atoms with E-state index < -0.39 is 10.8 Å². The Morgan fingerprint density at radius 2 is 1.92 bits per heavy atom. The van der Waals surface area contributed by atoms with Gasteiger partial charge in [-0.15, -0.1) is 0 Å². The second kappa shape index (κ2) is 6.52. The number of para-hydroxylation sites is 1. The van der Waals surface area contributed by atoms with E-state index in [0.29, 0.717) is 9.92 Å². The number of nitrogens with zero attached hydrogens (tertiary/aromatic N) is 2. The van der Waals surface area contributed by atoms with Crippen LogP contribution in [0.25, 0.3) is 10.9 Å².